The highest BCUT2D eigenvalue weighted by atomic mass is 16.5. The Kier molecular flexibility index (Phi) is 3.02. The quantitative estimate of drug-likeness (QED) is 0.707. The van der Waals surface area contributed by atoms with Gasteiger partial charge in [0.2, 0.25) is 5.75 Å². The summed E-state index contributed by atoms with van der Waals surface area (Å²) in [5, 5.41) is 19.8. The van der Waals surface area contributed by atoms with E-state index in [2.05, 4.69) is 0 Å². The molecule has 0 fully saturated rings. The summed E-state index contributed by atoms with van der Waals surface area (Å²) in [6, 6.07) is 9.66. The molecule has 0 amide bonds. The number of hydrogen-bond donors (Lipinski definition) is 2. The molecule has 0 bridgehead atoms. The fourth-order valence-corrected chi connectivity index (χ4v) is 2.18. The minimum atomic E-state index is -0.369. The molecule has 0 aliphatic heterocycles. The Hall–Kier alpha value is -2.95. The summed E-state index contributed by atoms with van der Waals surface area (Å²) in [7, 11) is 1.36. The van der Waals surface area contributed by atoms with E-state index in [9.17, 15) is 15.0 Å². The molecule has 0 unspecified atom stereocenters. The first-order valence-corrected chi connectivity index (χ1v) is 6.22. The molecule has 1 heterocycles. The number of phenols is 2. The summed E-state index contributed by atoms with van der Waals surface area (Å²) in [5.74, 6) is -0.652. The van der Waals surface area contributed by atoms with Crippen LogP contribution >= 0.6 is 0 Å². The highest BCUT2D eigenvalue weighted by molar-refractivity contribution is 5.82. The second-order valence-electron chi connectivity index (χ2n) is 4.52. The lowest BCUT2D eigenvalue weighted by Crippen LogP contribution is -2.04. The number of hydrogen-bond acceptors (Lipinski definition) is 5. The molecule has 0 radical (unpaired) electrons. The van der Waals surface area contributed by atoms with Crippen molar-refractivity contribution in [3.63, 3.8) is 0 Å². The van der Waals surface area contributed by atoms with Crippen molar-refractivity contribution in [2.45, 2.75) is 0 Å². The van der Waals surface area contributed by atoms with Gasteiger partial charge in [0.05, 0.1) is 18.1 Å². The molecule has 0 aliphatic rings. The van der Waals surface area contributed by atoms with Crippen molar-refractivity contribution >= 4 is 11.0 Å². The fourth-order valence-electron chi connectivity index (χ4n) is 2.18. The molecular weight excluding hydrogens is 272 g/mol. The van der Waals surface area contributed by atoms with E-state index in [1.165, 1.54) is 25.5 Å². The zero-order valence-corrected chi connectivity index (χ0v) is 11.2. The summed E-state index contributed by atoms with van der Waals surface area (Å²) >= 11 is 0. The topological polar surface area (TPSA) is 79.9 Å². The number of benzene rings is 2. The first-order valence-electron chi connectivity index (χ1n) is 6.22. The van der Waals surface area contributed by atoms with E-state index in [1.807, 2.05) is 0 Å². The normalized spacial score (nSPS) is 10.7. The highest BCUT2D eigenvalue weighted by Crippen LogP contribution is 2.39. The van der Waals surface area contributed by atoms with Crippen molar-refractivity contribution in [3.8, 4) is 28.4 Å². The molecule has 0 saturated heterocycles. The van der Waals surface area contributed by atoms with Crippen LogP contribution in [0.5, 0.6) is 17.2 Å². The summed E-state index contributed by atoms with van der Waals surface area (Å²) in [6.07, 6.45) is 1.33. The predicted molar refractivity (Wildman–Crippen MR) is 77.8 cm³/mol. The Morgan fingerprint density at radius 3 is 2.67 bits per heavy atom. The van der Waals surface area contributed by atoms with E-state index in [1.54, 1.807) is 24.3 Å². The van der Waals surface area contributed by atoms with Crippen LogP contribution in [0.1, 0.15) is 0 Å². The third-order valence-electron chi connectivity index (χ3n) is 3.27. The van der Waals surface area contributed by atoms with Gasteiger partial charge in [0, 0.05) is 0 Å². The second kappa shape index (κ2) is 4.86. The van der Waals surface area contributed by atoms with E-state index in [0.29, 0.717) is 16.5 Å². The summed E-state index contributed by atoms with van der Waals surface area (Å²) in [5.41, 5.74) is 0.953. The van der Waals surface area contributed by atoms with E-state index in [4.69, 9.17) is 9.15 Å². The van der Waals surface area contributed by atoms with Gasteiger partial charge in [0.25, 0.3) is 0 Å². The molecule has 5 nitrogen and oxygen atoms in total. The van der Waals surface area contributed by atoms with Crippen LogP contribution in [0.15, 0.2) is 51.9 Å². The number of phenolic OH excluding ortho intramolecular Hbond substituents is 2. The zero-order valence-electron chi connectivity index (χ0n) is 11.2. The average molecular weight is 284 g/mol. The van der Waals surface area contributed by atoms with Gasteiger partial charge in [-0.05, 0) is 29.8 Å². The van der Waals surface area contributed by atoms with Crippen LogP contribution in [0, 0.1) is 0 Å². The minimum absolute atomic E-state index is 0.0811. The maximum atomic E-state index is 12.5. The van der Waals surface area contributed by atoms with Gasteiger partial charge in [-0.3, -0.25) is 4.79 Å². The first-order chi connectivity index (χ1) is 10.1. The molecule has 2 aromatic carbocycles. The number of rotatable bonds is 2. The van der Waals surface area contributed by atoms with E-state index < -0.39 is 0 Å². The Labute approximate surface area is 119 Å². The molecule has 3 rings (SSSR count). The van der Waals surface area contributed by atoms with Crippen molar-refractivity contribution in [2.24, 2.45) is 0 Å². The summed E-state index contributed by atoms with van der Waals surface area (Å²) in [4.78, 5) is 12.5. The minimum Gasteiger partial charge on any atom is -0.504 e. The number of fused-ring (bicyclic) bond motifs is 1. The SMILES string of the molecule is COc1cc(-c2coc3ccccc3c2=O)cc(O)c1O. The molecule has 2 N–H and O–H groups in total. The van der Waals surface area contributed by atoms with Gasteiger partial charge in [-0.2, -0.15) is 0 Å². The van der Waals surface area contributed by atoms with Crippen LogP contribution in [0.3, 0.4) is 0 Å². The van der Waals surface area contributed by atoms with Gasteiger partial charge in [-0.1, -0.05) is 12.1 Å². The number of para-hydroxylation sites is 1. The lowest BCUT2D eigenvalue weighted by atomic mass is 10.0. The van der Waals surface area contributed by atoms with Gasteiger partial charge in [0.15, 0.2) is 16.9 Å². The Morgan fingerprint density at radius 1 is 1.14 bits per heavy atom. The summed E-state index contributed by atoms with van der Waals surface area (Å²) < 4.78 is 10.4. The number of methoxy groups -OCH3 is 1. The van der Waals surface area contributed by atoms with Crippen LogP contribution in [-0.4, -0.2) is 17.3 Å². The van der Waals surface area contributed by atoms with Crippen LogP contribution < -0.4 is 10.2 Å². The molecule has 0 saturated carbocycles. The molecule has 106 valence electrons. The van der Waals surface area contributed by atoms with E-state index in [-0.39, 0.29) is 28.2 Å². The maximum Gasteiger partial charge on any atom is 0.200 e. The molecule has 0 spiro atoms. The van der Waals surface area contributed by atoms with E-state index in [0.717, 1.165) is 0 Å². The van der Waals surface area contributed by atoms with Gasteiger partial charge >= 0.3 is 0 Å². The monoisotopic (exact) mass is 284 g/mol. The van der Waals surface area contributed by atoms with Gasteiger partial charge < -0.3 is 19.4 Å². The predicted octanol–water partition coefficient (Wildman–Crippen LogP) is 2.88. The molecular formula is C16H12O5. The average Bonchev–Trinajstić information content (AvgIpc) is 2.50. The van der Waals surface area contributed by atoms with Crippen molar-refractivity contribution in [2.75, 3.05) is 7.11 Å². The standard InChI is InChI=1S/C16H12O5/c1-20-14-7-9(6-12(17)16(14)19)11-8-21-13-5-3-2-4-10(13)15(11)18/h2-8,17,19H,1H3. The lowest BCUT2D eigenvalue weighted by molar-refractivity contribution is 0.351. The van der Waals surface area contributed by atoms with Crippen LogP contribution in [0.25, 0.3) is 22.1 Å². The smallest absolute Gasteiger partial charge is 0.200 e. The Bertz CT molecular complexity index is 879. The molecule has 3 aromatic rings. The lowest BCUT2D eigenvalue weighted by Gasteiger charge is -2.08. The van der Waals surface area contributed by atoms with Gasteiger partial charge in [0.1, 0.15) is 11.8 Å². The molecule has 0 atom stereocenters. The Morgan fingerprint density at radius 2 is 1.90 bits per heavy atom. The fraction of sp³-hybridized carbons (Fsp3) is 0.0625. The molecule has 1 aromatic heterocycles. The summed E-state index contributed by atoms with van der Waals surface area (Å²) in [6.45, 7) is 0. The number of aromatic hydroxyl groups is 2. The second-order valence-corrected chi connectivity index (χ2v) is 4.52. The zero-order chi connectivity index (χ0) is 15.0. The molecule has 21 heavy (non-hydrogen) atoms. The van der Waals surface area contributed by atoms with Crippen molar-refractivity contribution in [3.05, 3.63) is 52.9 Å². The largest absolute Gasteiger partial charge is 0.504 e. The highest BCUT2D eigenvalue weighted by Gasteiger charge is 2.14. The molecule has 5 heteroatoms. The third-order valence-corrected chi connectivity index (χ3v) is 3.27. The van der Waals surface area contributed by atoms with Crippen molar-refractivity contribution in [1.82, 2.24) is 0 Å². The van der Waals surface area contributed by atoms with E-state index >= 15 is 0 Å². The van der Waals surface area contributed by atoms with Gasteiger partial charge in [-0.25, -0.2) is 0 Å². The first kappa shape index (κ1) is 13.1. The van der Waals surface area contributed by atoms with Gasteiger partial charge in [-0.15, -0.1) is 0 Å². The maximum absolute atomic E-state index is 12.5. The Balaban J connectivity index is 2.28. The van der Waals surface area contributed by atoms with Crippen LogP contribution in [-0.2, 0) is 0 Å². The van der Waals surface area contributed by atoms with Crippen molar-refractivity contribution in [1.29, 1.82) is 0 Å². The molecule has 0 aliphatic carbocycles. The van der Waals surface area contributed by atoms with Crippen molar-refractivity contribution < 1.29 is 19.4 Å². The number of ether oxygens (including phenoxy) is 1. The third kappa shape index (κ3) is 2.08. The van der Waals surface area contributed by atoms with Crippen LogP contribution in [0.2, 0.25) is 0 Å². The van der Waals surface area contributed by atoms with Crippen LogP contribution in [0.4, 0.5) is 0 Å².